The first-order valence-corrected chi connectivity index (χ1v) is 6.62. The lowest BCUT2D eigenvalue weighted by atomic mass is 10.00. The summed E-state index contributed by atoms with van der Waals surface area (Å²) in [6.07, 6.45) is -0.0523. The zero-order chi connectivity index (χ0) is 13.8. The third kappa shape index (κ3) is 3.29. The molecule has 0 radical (unpaired) electrons. The summed E-state index contributed by atoms with van der Waals surface area (Å²) in [6, 6.07) is 3.87. The number of benzene rings is 1. The van der Waals surface area contributed by atoms with Crippen LogP contribution in [0.4, 0.5) is 8.78 Å². The molecule has 0 amide bonds. The van der Waals surface area contributed by atoms with E-state index in [1.54, 1.807) is 13.1 Å². The molecule has 2 rings (SSSR count). The third-order valence-corrected chi connectivity index (χ3v) is 3.61. The van der Waals surface area contributed by atoms with Gasteiger partial charge in [0.15, 0.2) is 11.6 Å². The summed E-state index contributed by atoms with van der Waals surface area (Å²) in [5, 5.41) is 3.14. The van der Waals surface area contributed by atoms with E-state index in [-0.39, 0.29) is 12.1 Å². The number of nitrogens with one attached hydrogen (secondary N) is 1. The zero-order valence-electron chi connectivity index (χ0n) is 11.3. The van der Waals surface area contributed by atoms with Crippen LogP contribution in [0.1, 0.15) is 18.5 Å². The first-order chi connectivity index (χ1) is 9.15. The van der Waals surface area contributed by atoms with Crippen molar-refractivity contribution in [2.75, 3.05) is 33.3 Å². The van der Waals surface area contributed by atoms with Gasteiger partial charge in [0, 0.05) is 13.1 Å². The lowest BCUT2D eigenvalue weighted by molar-refractivity contribution is -0.0444. The third-order valence-electron chi connectivity index (χ3n) is 3.61. The largest absolute Gasteiger partial charge is 0.374 e. The fourth-order valence-corrected chi connectivity index (χ4v) is 2.49. The Morgan fingerprint density at radius 1 is 1.42 bits per heavy atom. The molecule has 1 aliphatic rings. The van der Waals surface area contributed by atoms with Gasteiger partial charge in [-0.2, -0.15) is 0 Å². The van der Waals surface area contributed by atoms with E-state index < -0.39 is 11.6 Å². The number of halogens is 2. The molecule has 1 fully saturated rings. The summed E-state index contributed by atoms with van der Waals surface area (Å²) >= 11 is 0. The second-order valence-corrected chi connectivity index (χ2v) is 4.74. The molecule has 1 heterocycles. The van der Waals surface area contributed by atoms with Crippen molar-refractivity contribution < 1.29 is 13.5 Å². The summed E-state index contributed by atoms with van der Waals surface area (Å²) in [6.45, 7) is 5.45. The van der Waals surface area contributed by atoms with Gasteiger partial charge in [0.2, 0.25) is 0 Å². The van der Waals surface area contributed by atoms with Crippen molar-refractivity contribution in [2.45, 2.75) is 19.1 Å². The molecular weight excluding hydrogens is 250 g/mol. The van der Waals surface area contributed by atoms with Gasteiger partial charge >= 0.3 is 0 Å². The molecule has 1 aromatic carbocycles. The van der Waals surface area contributed by atoms with Gasteiger partial charge in [0.1, 0.15) is 0 Å². The molecule has 19 heavy (non-hydrogen) atoms. The number of hydrogen-bond acceptors (Lipinski definition) is 3. The molecule has 0 saturated carbocycles. The zero-order valence-corrected chi connectivity index (χ0v) is 11.3. The van der Waals surface area contributed by atoms with Gasteiger partial charge in [0.25, 0.3) is 0 Å². The van der Waals surface area contributed by atoms with Gasteiger partial charge in [-0.15, -0.1) is 0 Å². The Balaban J connectivity index is 2.16. The van der Waals surface area contributed by atoms with E-state index >= 15 is 0 Å². The van der Waals surface area contributed by atoms with E-state index in [0.717, 1.165) is 25.7 Å². The normalized spacial score (nSPS) is 22.4. The minimum absolute atomic E-state index is 0.0523. The molecule has 0 aliphatic carbocycles. The molecule has 1 N–H and O–H groups in total. The van der Waals surface area contributed by atoms with Crippen LogP contribution < -0.4 is 5.32 Å². The van der Waals surface area contributed by atoms with Gasteiger partial charge in [-0.25, -0.2) is 8.78 Å². The Bertz CT molecular complexity index is 428. The maximum atomic E-state index is 13.3. The average molecular weight is 270 g/mol. The lowest BCUT2D eigenvalue weighted by Crippen LogP contribution is -2.47. The van der Waals surface area contributed by atoms with Gasteiger partial charge in [-0.1, -0.05) is 13.0 Å². The van der Waals surface area contributed by atoms with Crippen LogP contribution >= 0.6 is 0 Å². The smallest absolute Gasteiger partial charge is 0.159 e. The first kappa shape index (κ1) is 14.4. The van der Waals surface area contributed by atoms with Crippen LogP contribution in [0.3, 0.4) is 0 Å². The molecule has 1 aromatic rings. The fraction of sp³-hybridized carbons (Fsp3) is 0.571. The standard InChI is InChI=1S/C14H20F2N2O/c1-3-18-6-7-19-13(9-18)14(17-2)10-4-5-11(15)12(16)8-10/h4-5,8,13-14,17H,3,6-7,9H2,1-2H3. The highest BCUT2D eigenvalue weighted by atomic mass is 19.2. The van der Waals surface area contributed by atoms with Crippen LogP contribution in [0.15, 0.2) is 18.2 Å². The molecule has 0 aromatic heterocycles. The molecule has 0 bridgehead atoms. The summed E-state index contributed by atoms with van der Waals surface area (Å²) in [4.78, 5) is 2.29. The SMILES string of the molecule is CCN1CCOC(C(NC)c2ccc(F)c(F)c2)C1. The molecule has 0 spiro atoms. The van der Waals surface area contributed by atoms with Crippen LogP contribution in [0, 0.1) is 11.6 Å². The Morgan fingerprint density at radius 2 is 2.21 bits per heavy atom. The number of rotatable bonds is 4. The minimum Gasteiger partial charge on any atom is -0.374 e. The van der Waals surface area contributed by atoms with E-state index in [2.05, 4.69) is 17.1 Å². The number of nitrogens with zero attached hydrogens (tertiary/aromatic N) is 1. The van der Waals surface area contributed by atoms with Gasteiger partial charge < -0.3 is 10.1 Å². The Morgan fingerprint density at radius 3 is 2.84 bits per heavy atom. The van der Waals surface area contributed by atoms with Crippen molar-refractivity contribution in [3.8, 4) is 0 Å². The summed E-state index contributed by atoms with van der Waals surface area (Å²) < 4.78 is 32.1. The number of morpholine rings is 1. The van der Waals surface area contributed by atoms with Crippen LogP contribution in [-0.4, -0.2) is 44.3 Å². The molecular formula is C14H20F2N2O. The van der Waals surface area contributed by atoms with Crippen LogP contribution in [0.25, 0.3) is 0 Å². The summed E-state index contributed by atoms with van der Waals surface area (Å²) in [5.41, 5.74) is 0.712. The monoisotopic (exact) mass is 270 g/mol. The number of ether oxygens (including phenoxy) is 1. The topological polar surface area (TPSA) is 24.5 Å². The molecule has 1 aliphatic heterocycles. The molecule has 2 atom stereocenters. The van der Waals surface area contributed by atoms with Crippen molar-refractivity contribution in [3.05, 3.63) is 35.4 Å². The Hall–Kier alpha value is -1.04. The van der Waals surface area contributed by atoms with Crippen molar-refractivity contribution in [3.63, 3.8) is 0 Å². The van der Waals surface area contributed by atoms with Crippen molar-refractivity contribution in [1.29, 1.82) is 0 Å². The van der Waals surface area contributed by atoms with E-state index in [1.807, 2.05) is 0 Å². The molecule has 2 unspecified atom stereocenters. The highest BCUT2D eigenvalue weighted by Gasteiger charge is 2.28. The average Bonchev–Trinajstić information content (AvgIpc) is 2.44. The predicted molar refractivity (Wildman–Crippen MR) is 70.0 cm³/mol. The van der Waals surface area contributed by atoms with Gasteiger partial charge in [-0.3, -0.25) is 4.90 Å². The molecule has 3 nitrogen and oxygen atoms in total. The van der Waals surface area contributed by atoms with Crippen molar-refractivity contribution >= 4 is 0 Å². The Labute approximate surface area is 112 Å². The number of hydrogen-bond donors (Lipinski definition) is 1. The highest BCUT2D eigenvalue weighted by molar-refractivity contribution is 5.22. The first-order valence-electron chi connectivity index (χ1n) is 6.62. The maximum Gasteiger partial charge on any atom is 0.159 e. The second kappa shape index (κ2) is 6.41. The van der Waals surface area contributed by atoms with E-state index in [0.29, 0.717) is 12.2 Å². The highest BCUT2D eigenvalue weighted by Crippen LogP contribution is 2.23. The lowest BCUT2D eigenvalue weighted by Gasteiger charge is -2.36. The Kier molecular flexibility index (Phi) is 4.85. The van der Waals surface area contributed by atoms with Crippen LogP contribution in [0.5, 0.6) is 0 Å². The van der Waals surface area contributed by atoms with Crippen LogP contribution in [0.2, 0.25) is 0 Å². The molecule has 5 heteroatoms. The maximum absolute atomic E-state index is 13.3. The van der Waals surface area contributed by atoms with Gasteiger partial charge in [0.05, 0.1) is 18.8 Å². The van der Waals surface area contributed by atoms with Crippen molar-refractivity contribution in [1.82, 2.24) is 10.2 Å². The van der Waals surface area contributed by atoms with Crippen LogP contribution in [-0.2, 0) is 4.74 Å². The molecule has 1 saturated heterocycles. The number of likely N-dealkylation sites (N-methyl/N-ethyl adjacent to an activating group) is 2. The summed E-state index contributed by atoms with van der Waals surface area (Å²) in [5.74, 6) is -1.64. The second-order valence-electron chi connectivity index (χ2n) is 4.74. The van der Waals surface area contributed by atoms with E-state index in [1.165, 1.54) is 6.07 Å². The summed E-state index contributed by atoms with van der Waals surface area (Å²) in [7, 11) is 1.81. The van der Waals surface area contributed by atoms with E-state index in [4.69, 9.17) is 4.74 Å². The predicted octanol–water partition coefficient (Wildman–Crippen LogP) is 1.95. The molecule has 106 valence electrons. The quantitative estimate of drug-likeness (QED) is 0.905. The van der Waals surface area contributed by atoms with Gasteiger partial charge in [-0.05, 0) is 31.3 Å². The fourth-order valence-electron chi connectivity index (χ4n) is 2.49. The minimum atomic E-state index is -0.821. The van der Waals surface area contributed by atoms with E-state index in [9.17, 15) is 8.78 Å². The van der Waals surface area contributed by atoms with Crippen molar-refractivity contribution in [2.24, 2.45) is 0 Å².